The second-order valence-corrected chi connectivity index (χ2v) is 10.3. The lowest BCUT2D eigenvalue weighted by atomic mass is 9.96. The van der Waals surface area contributed by atoms with Gasteiger partial charge in [0, 0.05) is 21.5 Å². The second kappa shape index (κ2) is 9.56. The molecule has 0 aliphatic carbocycles. The van der Waals surface area contributed by atoms with Gasteiger partial charge in [0.1, 0.15) is 16.5 Å². The SMILES string of the molecule is O=S(=O)(NC(C1=NNC(c2ccc(Cl)cc2)C1)c1ccc(Cl)cc1Cl)c1cc(F)ccc1F. The number of nitrogens with zero attached hydrogens (tertiary/aromatic N) is 1. The van der Waals surface area contributed by atoms with E-state index in [1.54, 1.807) is 24.3 Å². The molecule has 3 aromatic carbocycles. The molecule has 3 aromatic rings. The van der Waals surface area contributed by atoms with Gasteiger partial charge >= 0.3 is 0 Å². The first-order chi connectivity index (χ1) is 15.6. The zero-order valence-corrected chi connectivity index (χ0v) is 19.8. The van der Waals surface area contributed by atoms with E-state index in [-0.39, 0.29) is 11.1 Å². The average Bonchev–Trinajstić information content (AvgIpc) is 3.25. The molecule has 33 heavy (non-hydrogen) atoms. The van der Waals surface area contributed by atoms with Crippen LogP contribution in [0.3, 0.4) is 0 Å². The molecule has 4 rings (SSSR count). The lowest BCUT2D eigenvalue weighted by Crippen LogP contribution is -2.34. The van der Waals surface area contributed by atoms with Crippen LogP contribution in [0.15, 0.2) is 70.7 Å². The zero-order chi connectivity index (χ0) is 23.8. The molecule has 2 atom stereocenters. The first kappa shape index (κ1) is 23.9. The standard InChI is InChI=1S/C22H16Cl3F2N3O2S/c23-13-3-1-12(2-4-13)19-11-20(29-28-19)22(16-7-5-14(24)9-17(16)25)30-33(31,32)21-10-15(26)6-8-18(21)27/h1-10,19,22,28,30H,11H2. The van der Waals surface area contributed by atoms with Crippen molar-refractivity contribution in [2.24, 2.45) is 5.10 Å². The minimum atomic E-state index is -4.50. The topological polar surface area (TPSA) is 70.6 Å². The highest BCUT2D eigenvalue weighted by Gasteiger charge is 2.33. The van der Waals surface area contributed by atoms with Gasteiger partial charge in [0.2, 0.25) is 10.0 Å². The summed E-state index contributed by atoms with van der Waals surface area (Å²) in [6.07, 6.45) is 0.319. The third-order valence-corrected chi connectivity index (χ3v) is 7.36. The van der Waals surface area contributed by atoms with Crippen molar-refractivity contribution in [3.05, 3.63) is 98.5 Å². The van der Waals surface area contributed by atoms with E-state index in [1.807, 2.05) is 12.1 Å². The Kier molecular flexibility index (Phi) is 6.93. The molecular weight excluding hydrogens is 515 g/mol. The molecule has 0 fully saturated rings. The van der Waals surface area contributed by atoms with E-state index < -0.39 is 32.6 Å². The lowest BCUT2D eigenvalue weighted by molar-refractivity contribution is 0.543. The van der Waals surface area contributed by atoms with Gasteiger partial charge in [0.05, 0.1) is 17.8 Å². The quantitative estimate of drug-likeness (QED) is 0.408. The van der Waals surface area contributed by atoms with E-state index in [2.05, 4.69) is 15.2 Å². The predicted octanol–water partition coefficient (Wildman–Crippen LogP) is 6.04. The molecule has 2 N–H and O–H groups in total. The highest BCUT2D eigenvalue weighted by molar-refractivity contribution is 7.89. The van der Waals surface area contributed by atoms with Gasteiger partial charge < -0.3 is 5.43 Å². The highest BCUT2D eigenvalue weighted by Crippen LogP contribution is 2.34. The summed E-state index contributed by atoms with van der Waals surface area (Å²) in [5.41, 5.74) is 4.63. The Morgan fingerprint density at radius 3 is 2.36 bits per heavy atom. The molecule has 1 heterocycles. The van der Waals surface area contributed by atoms with Crippen LogP contribution >= 0.6 is 34.8 Å². The van der Waals surface area contributed by atoms with Gasteiger partial charge in [-0.05, 0) is 53.6 Å². The van der Waals surface area contributed by atoms with Crippen molar-refractivity contribution in [3.8, 4) is 0 Å². The predicted molar refractivity (Wildman–Crippen MR) is 125 cm³/mol. The maximum atomic E-state index is 14.3. The van der Waals surface area contributed by atoms with Crippen LogP contribution in [-0.2, 0) is 10.0 Å². The number of hydrogen-bond donors (Lipinski definition) is 2. The van der Waals surface area contributed by atoms with Crippen molar-refractivity contribution >= 4 is 50.5 Å². The van der Waals surface area contributed by atoms with Crippen LogP contribution in [0.2, 0.25) is 15.1 Å². The second-order valence-electron chi connectivity index (χ2n) is 7.34. The van der Waals surface area contributed by atoms with Crippen molar-refractivity contribution in [2.45, 2.75) is 23.4 Å². The van der Waals surface area contributed by atoms with Gasteiger partial charge in [-0.25, -0.2) is 17.2 Å². The summed E-state index contributed by atoms with van der Waals surface area (Å²) in [6.45, 7) is 0. The van der Waals surface area contributed by atoms with Crippen LogP contribution in [0.5, 0.6) is 0 Å². The molecule has 0 saturated carbocycles. The molecule has 1 aliphatic rings. The maximum Gasteiger partial charge on any atom is 0.244 e. The number of hydrogen-bond acceptors (Lipinski definition) is 4. The third-order valence-electron chi connectivity index (χ3n) is 5.11. The first-order valence-corrected chi connectivity index (χ1v) is 12.3. The summed E-state index contributed by atoms with van der Waals surface area (Å²) in [5.74, 6) is -1.98. The molecule has 0 bridgehead atoms. The summed E-state index contributed by atoms with van der Waals surface area (Å²) in [5, 5.41) is 5.44. The van der Waals surface area contributed by atoms with Crippen molar-refractivity contribution in [1.29, 1.82) is 0 Å². The van der Waals surface area contributed by atoms with Gasteiger partial charge in [0.15, 0.2) is 0 Å². The number of benzene rings is 3. The number of sulfonamides is 1. The molecule has 0 radical (unpaired) electrons. The van der Waals surface area contributed by atoms with Crippen molar-refractivity contribution in [2.75, 3.05) is 0 Å². The Morgan fingerprint density at radius 1 is 0.970 bits per heavy atom. The molecule has 2 unspecified atom stereocenters. The Morgan fingerprint density at radius 2 is 1.67 bits per heavy atom. The Bertz CT molecular complexity index is 1340. The molecule has 0 spiro atoms. The van der Waals surface area contributed by atoms with E-state index in [4.69, 9.17) is 34.8 Å². The molecule has 11 heteroatoms. The minimum absolute atomic E-state index is 0.188. The minimum Gasteiger partial charge on any atom is -0.302 e. The number of nitrogens with one attached hydrogen (secondary N) is 2. The average molecular weight is 531 g/mol. The number of halogens is 5. The summed E-state index contributed by atoms with van der Waals surface area (Å²) in [4.78, 5) is -0.821. The van der Waals surface area contributed by atoms with Crippen LogP contribution in [0.25, 0.3) is 0 Å². The van der Waals surface area contributed by atoms with Crippen LogP contribution in [0.4, 0.5) is 8.78 Å². The number of hydrazone groups is 1. The van der Waals surface area contributed by atoms with Gasteiger partial charge in [-0.1, -0.05) is 53.0 Å². The lowest BCUT2D eigenvalue weighted by Gasteiger charge is -2.21. The van der Waals surface area contributed by atoms with E-state index in [9.17, 15) is 17.2 Å². The van der Waals surface area contributed by atoms with Crippen LogP contribution in [0, 0.1) is 11.6 Å². The first-order valence-electron chi connectivity index (χ1n) is 9.64. The molecule has 172 valence electrons. The zero-order valence-electron chi connectivity index (χ0n) is 16.7. The summed E-state index contributed by atoms with van der Waals surface area (Å²) >= 11 is 18.3. The van der Waals surface area contributed by atoms with Gasteiger partial charge in [-0.15, -0.1) is 0 Å². The summed E-state index contributed by atoms with van der Waals surface area (Å²) in [7, 11) is -4.50. The molecular formula is C22H16Cl3F2N3O2S. The smallest absolute Gasteiger partial charge is 0.244 e. The number of rotatable bonds is 6. The Labute approximate surface area is 204 Å². The third kappa shape index (κ3) is 5.31. The Balaban J connectivity index is 1.70. The van der Waals surface area contributed by atoms with Crippen molar-refractivity contribution in [3.63, 3.8) is 0 Å². The molecule has 0 aromatic heterocycles. The van der Waals surface area contributed by atoms with Crippen molar-refractivity contribution < 1.29 is 17.2 Å². The van der Waals surface area contributed by atoms with Gasteiger partial charge in [-0.2, -0.15) is 9.82 Å². The monoisotopic (exact) mass is 529 g/mol. The summed E-state index contributed by atoms with van der Waals surface area (Å²) in [6, 6.07) is 12.6. The van der Waals surface area contributed by atoms with E-state index in [1.165, 1.54) is 6.07 Å². The van der Waals surface area contributed by atoms with Crippen LogP contribution in [0.1, 0.15) is 29.6 Å². The van der Waals surface area contributed by atoms with Gasteiger partial charge in [-0.3, -0.25) is 0 Å². The Hall–Kier alpha value is -2.23. The van der Waals surface area contributed by atoms with Gasteiger partial charge in [0.25, 0.3) is 0 Å². The van der Waals surface area contributed by atoms with Crippen molar-refractivity contribution in [1.82, 2.24) is 10.1 Å². The molecule has 0 amide bonds. The fourth-order valence-corrected chi connectivity index (χ4v) is 5.42. The van der Waals surface area contributed by atoms with Crippen LogP contribution < -0.4 is 10.1 Å². The fourth-order valence-electron chi connectivity index (χ4n) is 3.48. The fraction of sp³-hybridized carbons (Fsp3) is 0.136. The highest BCUT2D eigenvalue weighted by atomic mass is 35.5. The molecule has 5 nitrogen and oxygen atoms in total. The molecule has 1 aliphatic heterocycles. The molecule has 0 saturated heterocycles. The maximum absolute atomic E-state index is 14.3. The van der Waals surface area contributed by atoms with E-state index in [0.717, 1.165) is 17.7 Å². The largest absolute Gasteiger partial charge is 0.302 e. The van der Waals surface area contributed by atoms with Crippen LogP contribution in [-0.4, -0.2) is 14.1 Å². The summed E-state index contributed by atoms with van der Waals surface area (Å²) < 4.78 is 56.4. The van der Waals surface area contributed by atoms with E-state index >= 15 is 0 Å². The van der Waals surface area contributed by atoms with E-state index in [0.29, 0.717) is 33.8 Å². The normalized spacial score (nSPS) is 16.9.